The number of carbonyl (C=O) groups excluding carboxylic acids is 2. The van der Waals surface area contributed by atoms with Gasteiger partial charge in [-0.15, -0.1) is 0 Å². The van der Waals surface area contributed by atoms with Crippen molar-refractivity contribution in [3.63, 3.8) is 0 Å². The maximum Gasteiger partial charge on any atom is 0.226 e. The van der Waals surface area contributed by atoms with Crippen molar-refractivity contribution in [3.05, 3.63) is 47.7 Å². The highest BCUT2D eigenvalue weighted by Gasteiger charge is 2.61. The molecule has 0 radical (unpaired) electrons. The standard InChI is InChI=1S/C30H42N2O2/c1-5-31(6-2)28(34)26-13-12-24-23-20-32(19-21-10-8-7-9-11-21)27-18-22(33)14-16-30(27,4)25(23)15-17-29(24,26)3/h7-11,18,23-26H,5-6,12-17,19-20H2,1-4H3/t23-,24-,25+,26?,29-,30+/m0/s1. The van der Waals surface area contributed by atoms with Crippen LogP contribution in [0.1, 0.15) is 71.8 Å². The van der Waals surface area contributed by atoms with Crippen LogP contribution in [0.5, 0.6) is 0 Å². The van der Waals surface area contributed by atoms with Crippen LogP contribution in [0.4, 0.5) is 0 Å². The predicted octanol–water partition coefficient (Wildman–Crippen LogP) is 5.68. The Morgan fingerprint density at radius 2 is 1.76 bits per heavy atom. The maximum absolute atomic E-state index is 13.5. The smallest absolute Gasteiger partial charge is 0.226 e. The fourth-order valence-electron chi connectivity index (χ4n) is 8.53. The summed E-state index contributed by atoms with van der Waals surface area (Å²) >= 11 is 0. The molecule has 1 saturated heterocycles. The van der Waals surface area contributed by atoms with Crippen molar-refractivity contribution in [3.8, 4) is 0 Å². The van der Waals surface area contributed by atoms with E-state index in [2.05, 4.69) is 67.8 Å². The normalized spacial score (nSPS) is 36.9. The predicted molar refractivity (Wildman–Crippen MR) is 136 cm³/mol. The molecule has 4 aliphatic rings. The molecule has 0 aromatic heterocycles. The third-order valence-corrected chi connectivity index (χ3v) is 10.4. The molecule has 2 saturated carbocycles. The lowest BCUT2D eigenvalue weighted by atomic mass is 9.49. The number of piperidine rings is 1. The molecule has 0 spiro atoms. The van der Waals surface area contributed by atoms with Crippen LogP contribution >= 0.6 is 0 Å². The summed E-state index contributed by atoms with van der Waals surface area (Å²) in [6.07, 6.45) is 8.16. The number of benzene rings is 1. The van der Waals surface area contributed by atoms with Crippen LogP contribution in [0.2, 0.25) is 0 Å². The molecule has 0 N–H and O–H groups in total. The van der Waals surface area contributed by atoms with E-state index in [0.29, 0.717) is 30.1 Å². The van der Waals surface area contributed by atoms with Gasteiger partial charge in [0, 0.05) is 55.7 Å². The molecular weight excluding hydrogens is 420 g/mol. The van der Waals surface area contributed by atoms with Gasteiger partial charge in [-0.3, -0.25) is 9.59 Å². The number of hydrogen-bond donors (Lipinski definition) is 0. The van der Waals surface area contributed by atoms with Gasteiger partial charge < -0.3 is 9.80 Å². The molecule has 5 rings (SSSR count). The van der Waals surface area contributed by atoms with Crippen LogP contribution in [0.25, 0.3) is 0 Å². The molecule has 3 fully saturated rings. The third-order valence-electron chi connectivity index (χ3n) is 10.4. The Kier molecular flexibility index (Phi) is 6.14. The van der Waals surface area contributed by atoms with E-state index in [1.807, 2.05) is 6.08 Å². The Balaban J connectivity index is 1.48. The highest BCUT2D eigenvalue weighted by atomic mass is 16.2. The number of fused-ring (bicyclic) bond motifs is 5. The van der Waals surface area contributed by atoms with Gasteiger partial charge in [-0.05, 0) is 74.7 Å². The van der Waals surface area contributed by atoms with E-state index in [0.717, 1.165) is 45.4 Å². The average Bonchev–Trinajstić information content (AvgIpc) is 3.19. The van der Waals surface area contributed by atoms with Gasteiger partial charge >= 0.3 is 0 Å². The molecule has 3 aliphatic carbocycles. The van der Waals surface area contributed by atoms with Gasteiger partial charge in [0.2, 0.25) is 5.91 Å². The molecular formula is C30H42N2O2. The van der Waals surface area contributed by atoms with Crippen LogP contribution in [-0.2, 0) is 16.1 Å². The molecule has 1 amide bonds. The van der Waals surface area contributed by atoms with Crippen molar-refractivity contribution in [2.24, 2.45) is 34.5 Å². The number of nitrogens with zero attached hydrogens (tertiary/aromatic N) is 2. The summed E-state index contributed by atoms with van der Waals surface area (Å²) in [5.74, 6) is 2.63. The van der Waals surface area contributed by atoms with Gasteiger partial charge in [-0.25, -0.2) is 0 Å². The van der Waals surface area contributed by atoms with Gasteiger partial charge in [-0.1, -0.05) is 44.2 Å². The summed E-state index contributed by atoms with van der Waals surface area (Å²) in [4.78, 5) is 30.7. The number of hydrogen-bond acceptors (Lipinski definition) is 3. The molecule has 34 heavy (non-hydrogen) atoms. The van der Waals surface area contributed by atoms with Crippen molar-refractivity contribution >= 4 is 11.7 Å². The molecule has 1 aromatic rings. The van der Waals surface area contributed by atoms with Crippen molar-refractivity contribution in [1.82, 2.24) is 9.80 Å². The first kappa shape index (κ1) is 23.6. The summed E-state index contributed by atoms with van der Waals surface area (Å²) in [6.45, 7) is 12.6. The van der Waals surface area contributed by atoms with E-state index in [4.69, 9.17) is 0 Å². The van der Waals surface area contributed by atoms with Crippen molar-refractivity contribution < 1.29 is 9.59 Å². The molecule has 1 aromatic carbocycles. The van der Waals surface area contributed by atoms with E-state index in [9.17, 15) is 9.59 Å². The molecule has 1 unspecified atom stereocenters. The Morgan fingerprint density at radius 3 is 2.47 bits per heavy atom. The monoisotopic (exact) mass is 462 g/mol. The number of carbonyl (C=O) groups is 2. The Bertz CT molecular complexity index is 967. The minimum atomic E-state index is 0.0634. The second kappa shape index (κ2) is 8.84. The summed E-state index contributed by atoms with van der Waals surface area (Å²) in [7, 11) is 0. The Labute approximate surface area is 205 Å². The summed E-state index contributed by atoms with van der Waals surface area (Å²) in [6, 6.07) is 10.7. The highest BCUT2D eigenvalue weighted by Crippen LogP contribution is 2.65. The summed E-state index contributed by atoms with van der Waals surface area (Å²) in [5, 5.41) is 0. The lowest BCUT2D eigenvalue weighted by Gasteiger charge is -2.61. The van der Waals surface area contributed by atoms with E-state index >= 15 is 0 Å². The number of rotatable bonds is 5. The highest BCUT2D eigenvalue weighted by molar-refractivity contribution is 5.91. The van der Waals surface area contributed by atoms with Crippen molar-refractivity contribution in [2.75, 3.05) is 19.6 Å². The zero-order valence-corrected chi connectivity index (χ0v) is 21.6. The van der Waals surface area contributed by atoms with E-state index < -0.39 is 0 Å². The molecule has 4 heteroatoms. The first-order valence-electron chi connectivity index (χ1n) is 13.6. The Hall–Kier alpha value is -2.10. The molecule has 6 atom stereocenters. The largest absolute Gasteiger partial charge is 0.370 e. The quantitative estimate of drug-likeness (QED) is 0.565. The fraction of sp³-hybridized carbons (Fsp3) is 0.667. The summed E-state index contributed by atoms with van der Waals surface area (Å²) in [5.41, 5.74) is 2.75. The third kappa shape index (κ3) is 3.63. The molecule has 184 valence electrons. The average molecular weight is 463 g/mol. The zero-order valence-electron chi connectivity index (χ0n) is 21.6. The number of ketones is 1. The van der Waals surface area contributed by atoms with E-state index in [1.54, 1.807) is 0 Å². The minimum absolute atomic E-state index is 0.0634. The minimum Gasteiger partial charge on any atom is -0.370 e. The molecule has 1 heterocycles. The van der Waals surface area contributed by atoms with Crippen LogP contribution in [0.3, 0.4) is 0 Å². The number of amides is 1. The second-order valence-corrected chi connectivity index (χ2v) is 11.8. The van der Waals surface area contributed by atoms with Gasteiger partial charge in [0.1, 0.15) is 0 Å². The zero-order chi connectivity index (χ0) is 24.1. The van der Waals surface area contributed by atoms with E-state index in [1.165, 1.54) is 24.1 Å². The van der Waals surface area contributed by atoms with Gasteiger partial charge in [-0.2, -0.15) is 0 Å². The van der Waals surface area contributed by atoms with Gasteiger partial charge in [0.25, 0.3) is 0 Å². The number of likely N-dealkylation sites (tertiary alicyclic amines) is 1. The topological polar surface area (TPSA) is 40.6 Å². The summed E-state index contributed by atoms with van der Waals surface area (Å²) < 4.78 is 0. The van der Waals surface area contributed by atoms with E-state index in [-0.39, 0.29) is 22.5 Å². The maximum atomic E-state index is 13.5. The van der Waals surface area contributed by atoms with Crippen molar-refractivity contribution in [1.29, 1.82) is 0 Å². The number of allylic oxidation sites excluding steroid dienone is 2. The van der Waals surface area contributed by atoms with Crippen LogP contribution in [0.15, 0.2) is 42.1 Å². The molecule has 1 aliphatic heterocycles. The molecule has 0 bridgehead atoms. The molecule has 4 nitrogen and oxygen atoms in total. The Morgan fingerprint density at radius 1 is 1.03 bits per heavy atom. The van der Waals surface area contributed by atoms with Crippen LogP contribution in [-0.4, -0.2) is 41.1 Å². The van der Waals surface area contributed by atoms with Crippen LogP contribution < -0.4 is 0 Å². The lowest BCUT2D eigenvalue weighted by molar-refractivity contribution is -0.144. The fourth-order valence-corrected chi connectivity index (χ4v) is 8.53. The van der Waals surface area contributed by atoms with Crippen molar-refractivity contribution in [2.45, 2.75) is 72.8 Å². The van der Waals surface area contributed by atoms with Gasteiger partial charge in [0.15, 0.2) is 5.78 Å². The SMILES string of the molecule is CCN(CC)C(=O)C1CC[C@H]2[C@@H]3CN(Cc4ccccc4)C4=CC(=O)CC[C@]4(C)[C@@H]3CC[C@]12C. The first-order chi connectivity index (χ1) is 16.3. The second-order valence-electron chi connectivity index (χ2n) is 11.8. The van der Waals surface area contributed by atoms with Crippen LogP contribution in [0, 0.1) is 34.5 Å². The first-order valence-corrected chi connectivity index (χ1v) is 13.6. The van der Waals surface area contributed by atoms with Gasteiger partial charge in [0.05, 0.1) is 0 Å². The lowest BCUT2D eigenvalue weighted by Crippen LogP contribution is -2.58.